The number of carbonyl (C=O) groups is 1. The number of hydrogen-bond acceptors (Lipinski definition) is 3. The number of benzene rings is 1. The van der Waals surface area contributed by atoms with Gasteiger partial charge in [-0.3, -0.25) is 9.78 Å². The monoisotopic (exact) mass is 252 g/mol. The van der Waals surface area contributed by atoms with Crippen molar-refractivity contribution in [2.75, 3.05) is 0 Å². The van der Waals surface area contributed by atoms with Crippen molar-refractivity contribution in [3.05, 3.63) is 66.2 Å². The largest absolute Gasteiger partial charge is 0.459 e. The number of carbonyl (C=O) groups excluding carboxylic acids is 1. The topological polar surface area (TPSA) is 55.1 Å². The Balaban J connectivity index is 1.73. The van der Waals surface area contributed by atoms with E-state index in [1.807, 2.05) is 30.3 Å². The zero-order valence-corrected chi connectivity index (χ0v) is 10.2. The predicted octanol–water partition coefficient (Wildman–Crippen LogP) is 2.76. The summed E-state index contributed by atoms with van der Waals surface area (Å²) >= 11 is 0. The molecule has 0 spiro atoms. The third kappa shape index (κ3) is 2.47. The highest BCUT2D eigenvalue weighted by Gasteiger charge is 2.07. The molecule has 3 rings (SSSR count). The van der Waals surface area contributed by atoms with Gasteiger partial charge in [0.2, 0.25) is 0 Å². The SMILES string of the molecule is O=C(NCc1ccc2ncccc2c1)c1ccco1. The summed E-state index contributed by atoms with van der Waals surface area (Å²) in [6.45, 7) is 0.463. The molecule has 0 saturated carbocycles. The van der Waals surface area contributed by atoms with Gasteiger partial charge in [-0.2, -0.15) is 0 Å². The van der Waals surface area contributed by atoms with Crippen LogP contribution in [0.25, 0.3) is 10.9 Å². The van der Waals surface area contributed by atoms with Crippen LogP contribution in [-0.4, -0.2) is 10.9 Å². The van der Waals surface area contributed by atoms with Gasteiger partial charge < -0.3 is 9.73 Å². The Morgan fingerprint density at radius 1 is 1.21 bits per heavy atom. The third-order valence-electron chi connectivity index (χ3n) is 2.87. The Kier molecular flexibility index (Phi) is 2.98. The van der Waals surface area contributed by atoms with Crippen LogP contribution < -0.4 is 5.32 Å². The summed E-state index contributed by atoms with van der Waals surface area (Å²) in [4.78, 5) is 16.0. The minimum Gasteiger partial charge on any atom is -0.459 e. The minimum absolute atomic E-state index is 0.212. The first-order valence-electron chi connectivity index (χ1n) is 5.98. The summed E-state index contributed by atoms with van der Waals surface area (Å²) in [5, 5.41) is 3.88. The van der Waals surface area contributed by atoms with Gasteiger partial charge in [0.15, 0.2) is 5.76 Å². The minimum atomic E-state index is -0.212. The van der Waals surface area contributed by atoms with Gasteiger partial charge in [-0.1, -0.05) is 12.1 Å². The van der Waals surface area contributed by atoms with Gasteiger partial charge in [0.25, 0.3) is 5.91 Å². The van der Waals surface area contributed by atoms with Crippen molar-refractivity contribution in [3.8, 4) is 0 Å². The molecule has 0 aliphatic heterocycles. The maximum atomic E-state index is 11.7. The molecule has 2 heterocycles. The van der Waals surface area contributed by atoms with E-state index in [1.165, 1.54) is 6.26 Å². The number of rotatable bonds is 3. The van der Waals surface area contributed by atoms with E-state index in [4.69, 9.17) is 4.42 Å². The molecule has 0 saturated heterocycles. The first-order chi connectivity index (χ1) is 9.33. The van der Waals surface area contributed by atoms with Crippen LogP contribution in [-0.2, 0) is 6.54 Å². The van der Waals surface area contributed by atoms with Crippen molar-refractivity contribution in [1.82, 2.24) is 10.3 Å². The highest BCUT2D eigenvalue weighted by atomic mass is 16.3. The average molecular weight is 252 g/mol. The molecule has 1 aromatic carbocycles. The van der Waals surface area contributed by atoms with Crippen LogP contribution in [0.3, 0.4) is 0 Å². The van der Waals surface area contributed by atoms with Gasteiger partial charge in [-0.15, -0.1) is 0 Å². The number of furan rings is 1. The van der Waals surface area contributed by atoms with Gasteiger partial charge in [0.1, 0.15) is 0 Å². The van der Waals surface area contributed by atoms with Gasteiger partial charge in [0.05, 0.1) is 11.8 Å². The summed E-state index contributed by atoms with van der Waals surface area (Å²) < 4.78 is 5.03. The molecular weight excluding hydrogens is 240 g/mol. The van der Waals surface area contributed by atoms with E-state index < -0.39 is 0 Å². The zero-order chi connectivity index (χ0) is 13.1. The molecule has 19 heavy (non-hydrogen) atoms. The Labute approximate surface area is 110 Å². The molecule has 0 bridgehead atoms. The third-order valence-corrected chi connectivity index (χ3v) is 2.87. The number of pyridine rings is 1. The number of fused-ring (bicyclic) bond motifs is 1. The molecule has 0 fully saturated rings. The molecule has 94 valence electrons. The Morgan fingerprint density at radius 3 is 3.00 bits per heavy atom. The van der Waals surface area contributed by atoms with Gasteiger partial charge >= 0.3 is 0 Å². The van der Waals surface area contributed by atoms with Crippen LogP contribution in [0.4, 0.5) is 0 Å². The maximum Gasteiger partial charge on any atom is 0.287 e. The number of amides is 1. The predicted molar refractivity (Wildman–Crippen MR) is 71.6 cm³/mol. The summed E-state index contributed by atoms with van der Waals surface area (Å²) in [6, 6.07) is 13.1. The number of aromatic nitrogens is 1. The molecule has 1 amide bonds. The molecular formula is C15H12N2O2. The Hall–Kier alpha value is -2.62. The maximum absolute atomic E-state index is 11.7. The average Bonchev–Trinajstić information content (AvgIpc) is 2.99. The number of nitrogens with one attached hydrogen (secondary N) is 1. The van der Waals surface area contributed by atoms with Crippen LogP contribution in [0.15, 0.2) is 59.3 Å². The lowest BCUT2D eigenvalue weighted by atomic mass is 10.1. The van der Waals surface area contributed by atoms with E-state index in [9.17, 15) is 4.79 Å². The van der Waals surface area contributed by atoms with Crippen LogP contribution in [0.2, 0.25) is 0 Å². The smallest absolute Gasteiger partial charge is 0.287 e. The molecule has 3 aromatic rings. The van der Waals surface area contributed by atoms with E-state index >= 15 is 0 Å². The summed E-state index contributed by atoms with van der Waals surface area (Å²) in [5.74, 6) is 0.110. The second-order valence-corrected chi connectivity index (χ2v) is 4.19. The van der Waals surface area contributed by atoms with Gasteiger partial charge in [0, 0.05) is 18.1 Å². The normalized spacial score (nSPS) is 10.5. The fraction of sp³-hybridized carbons (Fsp3) is 0.0667. The van der Waals surface area contributed by atoms with Gasteiger partial charge in [-0.25, -0.2) is 0 Å². The standard InChI is InChI=1S/C15H12N2O2/c18-15(14-4-2-8-19-14)17-10-11-5-6-13-12(9-11)3-1-7-16-13/h1-9H,10H2,(H,17,18). The highest BCUT2D eigenvalue weighted by Crippen LogP contribution is 2.13. The van der Waals surface area contributed by atoms with Crippen molar-refractivity contribution in [3.63, 3.8) is 0 Å². The van der Waals surface area contributed by atoms with Crippen LogP contribution in [0, 0.1) is 0 Å². The molecule has 4 heteroatoms. The van der Waals surface area contributed by atoms with Crippen LogP contribution >= 0.6 is 0 Å². The Morgan fingerprint density at radius 2 is 2.16 bits per heavy atom. The summed E-state index contributed by atoms with van der Waals surface area (Å²) in [5.41, 5.74) is 1.98. The molecule has 0 atom stereocenters. The number of nitrogens with zero attached hydrogens (tertiary/aromatic N) is 1. The molecule has 4 nitrogen and oxygen atoms in total. The lowest BCUT2D eigenvalue weighted by Crippen LogP contribution is -2.22. The Bertz CT molecular complexity index is 705. The second-order valence-electron chi connectivity index (χ2n) is 4.19. The van der Waals surface area contributed by atoms with E-state index in [0.717, 1.165) is 16.5 Å². The van der Waals surface area contributed by atoms with Crippen molar-refractivity contribution in [2.24, 2.45) is 0 Å². The van der Waals surface area contributed by atoms with E-state index in [-0.39, 0.29) is 5.91 Å². The van der Waals surface area contributed by atoms with Gasteiger partial charge in [-0.05, 0) is 35.9 Å². The van der Waals surface area contributed by atoms with Crippen molar-refractivity contribution in [2.45, 2.75) is 6.54 Å². The second kappa shape index (κ2) is 4.94. The molecule has 2 aromatic heterocycles. The van der Waals surface area contributed by atoms with Crippen molar-refractivity contribution < 1.29 is 9.21 Å². The van der Waals surface area contributed by atoms with E-state index in [2.05, 4.69) is 10.3 Å². The van der Waals surface area contributed by atoms with Crippen LogP contribution in [0.1, 0.15) is 16.1 Å². The van der Waals surface area contributed by atoms with Crippen LogP contribution in [0.5, 0.6) is 0 Å². The quantitative estimate of drug-likeness (QED) is 0.779. The zero-order valence-electron chi connectivity index (χ0n) is 10.2. The summed E-state index contributed by atoms with van der Waals surface area (Å²) in [7, 11) is 0. The molecule has 0 aliphatic rings. The lowest BCUT2D eigenvalue weighted by molar-refractivity contribution is 0.0923. The molecule has 0 radical (unpaired) electrons. The van der Waals surface area contributed by atoms with E-state index in [1.54, 1.807) is 18.3 Å². The summed E-state index contributed by atoms with van der Waals surface area (Å²) in [6.07, 6.45) is 3.25. The molecule has 0 unspecified atom stereocenters. The first-order valence-corrected chi connectivity index (χ1v) is 5.98. The molecule has 0 aliphatic carbocycles. The molecule has 1 N–H and O–H groups in total. The number of hydrogen-bond donors (Lipinski definition) is 1. The fourth-order valence-electron chi connectivity index (χ4n) is 1.91. The fourth-order valence-corrected chi connectivity index (χ4v) is 1.91. The lowest BCUT2D eigenvalue weighted by Gasteiger charge is -2.04. The van der Waals surface area contributed by atoms with Crippen molar-refractivity contribution >= 4 is 16.8 Å². The van der Waals surface area contributed by atoms with E-state index in [0.29, 0.717) is 12.3 Å². The first kappa shape index (κ1) is 11.5. The van der Waals surface area contributed by atoms with Crippen molar-refractivity contribution in [1.29, 1.82) is 0 Å². The highest BCUT2D eigenvalue weighted by molar-refractivity contribution is 5.91.